The minimum absolute atomic E-state index is 0.170. The summed E-state index contributed by atoms with van der Waals surface area (Å²) in [7, 11) is -2.24. The second-order valence-electron chi connectivity index (χ2n) is 5.54. The lowest BCUT2D eigenvalue weighted by Crippen LogP contribution is -2.24. The third-order valence-electron chi connectivity index (χ3n) is 4.02. The summed E-state index contributed by atoms with van der Waals surface area (Å²) in [6.45, 7) is 4.04. The third kappa shape index (κ3) is 3.46. The van der Waals surface area contributed by atoms with Crippen LogP contribution in [0.5, 0.6) is 0 Å². The summed E-state index contributed by atoms with van der Waals surface area (Å²) in [5, 5.41) is 3.40. The monoisotopic (exact) mass is 265 g/mol. The molecule has 0 spiro atoms. The van der Waals surface area contributed by atoms with Crippen LogP contribution in [0.3, 0.4) is 0 Å². The van der Waals surface area contributed by atoms with Gasteiger partial charge in [-0.15, -0.1) is 0 Å². The van der Waals surface area contributed by atoms with Crippen LogP contribution in [0.1, 0.15) is 50.6 Å². The largest absolute Gasteiger partial charge is 0.307 e. The lowest BCUT2D eigenvalue weighted by Gasteiger charge is -2.31. The van der Waals surface area contributed by atoms with Gasteiger partial charge in [-0.25, -0.2) is 0 Å². The van der Waals surface area contributed by atoms with Crippen LogP contribution in [0.4, 0.5) is 0 Å². The maximum Gasteiger partial charge on any atom is 0.148 e. The van der Waals surface area contributed by atoms with Crippen molar-refractivity contribution in [3.63, 3.8) is 0 Å². The standard InChI is InChI=1S/C15H24NOP/c1-13(14-9-5-3-6-10-14)16-18(2,17)15-11-7-4-8-12-15/h3,5-6,9-10,13,15H,4,7-8,11-12H2,1-2H3,(H,16,17). The first-order chi connectivity index (χ1) is 8.59. The predicted molar refractivity (Wildman–Crippen MR) is 78.4 cm³/mol. The molecule has 0 heterocycles. The fourth-order valence-corrected chi connectivity index (χ4v) is 5.36. The van der Waals surface area contributed by atoms with E-state index in [1.165, 1.54) is 24.8 Å². The molecule has 1 N–H and O–H groups in total. The van der Waals surface area contributed by atoms with Crippen molar-refractivity contribution >= 4 is 7.29 Å². The second kappa shape index (κ2) is 6.04. The highest BCUT2D eigenvalue weighted by atomic mass is 31.2. The highest BCUT2D eigenvalue weighted by molar-refractivity contribution is 7.61. The molecule has 1 aromatic carbocycles. The molecule has 1 saturated carbocycles. The smallest absolute Gasteiger partial charge is 0.148 e. The highest BCUT2D eigenvalue weighted by Crippen LogP contribution is 2.50. The first-order valence-corrected chi connectivity index (χ1v) is 9.22. The summed E-state index contributed by atoms with van der Waals surface area (Å²) in [6.07, 6.45) is 6.04. The Hall–Kier alpha value is -0.590. The first-order valence-electron chi connectivity index (χ1n) is 6.99. The van der Waals surface area contributed by atoms with Crippen LogP contribution in [0.25, 0.3) is 0 Å². The van der Waals surface area contributed by atoms with Crippen LogP contribution in [0, 0.1) is 0 Å². The summed E-state index contributed by atoms with van der Waals surface area (Å²) < 4.78 is 12.8. The normalized spacial score (nSPS) is 22.3. The van der Waals surface area contributed by atoms with E-state index in [4.69, 9.17) is 0 Å². The number of hydrogen-bond donors (Lipinski definition) is 1. The molecule has 2 rings (SSSR count). The van der Waals surface area contributed by atoms with Crippen LogP contribution in [-0.2, 0) is 4.57 Å². The molecule has 0 aliphatic heterocycles. The summed E-state index contributed by atoms with van der Waals surface area (Å²) in [5.41, 5.74) is 1.60. The van der Waals surface area contributed by atoms with Crippen molar-refractivity contribution in [2.24, 2.45) is 0 Å². The van der Waals surface area contributed by atoms with Crippen molar-refractivity contribution in [1.82, 2.24) is 5.09 Å². The van der Waals surface area contributed by atoms with Gasteiger partial charge in [-0.2, -0.15) is 0 Å². The van der Waals surface area contributed by atoms with Gasteiger partial charge in [-0.1, -0.05) is 49.6 Å². The Bertz CT molecular complexity index is 412. The molecule has 0 bridgehead atoms. The lowest BCUT2D eigenvalue weighted by molar-refractivity contribution is 0.474. The van der Waals surface area contributed by atoms with Gasteiger partial charge in [0.25, 0.3) is 0 Å². The Morgan fingerprint density at radius 3 is 2.39 bits per heavy atom. The van der Waals surface area contributed by atoms with Crippen molar-refractivity contribution in [1.29, 1.82) is 0 Å². The molecule has 18 heavy (non-hydrogen) atoms. The van der Waals surface area contributed by atoms with E-state index in [2.05, 4.69) is 24.1 Å². The molecule has 1 aliphatic rings. The number of benzene rings is 1. The zero-order valence-electron chi connectivity index (χ0n) is 11.4. The van der Waals surface area contributed by atoms with Crippen molar-refractivity contribution in [3.8, 4) is 0 Å². The van der Waals surface area contributed by atoms with E-state index in [9.17, 15) is 4.57 Å². The summed E-state index contributed by atoms with van der Waals surface area (Å²) in [5.74, 6) is 0. The van der Waals surface area contributed by atoms with Gasteiger partial charge in [0, 0.05) is 18.4 Å². The SMILES string of the molecule is CC(NP(C)(=O)C1CCCCC1)c1ccccc1. The van der Waals surface area contributed by atoms with E-state index in [0.717, 1.165) is 12.8 Å². The van der Waals surface area contributed by atoms with Gasteiger partial charge < -0.3 is 4.57 Å². The number of hydrogen-bond acceptors (Lipinski definition) is 1. The molecule has 2 unspecified atom stereocenters. The van der Waals surface area contributed by atoms with Gasteiger partial charge in [-0.3, -0.25) is 5.09 Å². The van der Waals surface area contributed by atoms with Crippen LogP contribution in [0.15, 0.2) is 30.3 Å². The molecule has 1 aliphatic carbocycles. The molecule has 2 atom stereocenters. The molecule has 0 radical (unpaired) electrons. The zero-order chi connectivity index (χ0) is 13.0. The van der Waals surface area contributed by atoms with Gasteiger partial charge in [0.15, 0.2) is 0 Å². The van der Waals surface area contributed by atoms with Crippen molar-refractivity contribution in [2.75, 3.05) is 6.66 Å². The van der Waals surface area contributed by atoms with Gasteiger partial charge in [0.1, 0.15) is 7.29 Å². The molecule has 0 saturated heterocycles. The van der Waals surface area contributed by atoms with Gasteiger partial charge >= 0.3 is 0 Å². The molecular formula is C15H24NOP. The van der Waals surface area contributed by atoms with E-state index >= 15 is 0 Å². The maximum absolute atomic E-state index is 12.8. The average molecular weight is 265 g/mol. The fraction of sp³-hybridized carbons (Fsp3) is 0.600. The molecule has 1 aromatic rings. The zero-order valence-corrected chi connectivity index (χ0v) is 12.3. The highest BCUT2D eigenvalue weighted by Gasteiger charge is 2.30. The minimum atomic E-state index is -2.24. The fourth-order valence-electron chi connectivity index (χ4n) is 2.88. The predicted octanol–water partition coefficient (Wildman–Crippen LogP) is 4.58. The Labute approximate surface area is 111 Å². The van der Waals surface area contributed by atoms with Crippen LogP contribution < -0.4 is 5.09 Å². The van der Waals surface area contributed by atoms with Gasteiger partial charge in [-0.05, 0) is 25.3 Å². The van der Waals surface area contributed by atoms with E-state index < -0.39 is 7.29 Å². The molecule has 0 aromatic heterocycles. The molecule has 100 valence electrons. The summed E-state index contributed by atoms with van der Waals surface area (Å²) >= 11 is 0. The van der Waals surface area contributed by atoms with Crippen molar-refractivity contribution in [3.05, 3.63) is 35.9 Å². The quantitative estimate of drug-likeness (QED) is 0.807. The number of rotatable bonds is 4. The van der Waals surface area contributed by atoms with Crippen LogP contribution in [0.2, 0.25) is 0 Å². The Balaban J connectivity index is 2.01. The molecule has 2 nitrogen and oxygen atoms in total. The second-order valence-corrected chi connectivity index (χ2v) is 8.51. The lowest BCUT2D eigenvalue weighted by atomic mass is 10.0. The topological polar surface area (TPSA) is 29.1 Å². The van der Waals surface area contributed by atoms with Crippen LogP contribution >= 0.6 is 7.29 Å². The molecule has 0 amide bonds. The van der Waals surface area contributed by atoms with E-state index in [0.29, 0.717) is 5.66 Å². The van der Waals surface area contributed by atoms with Crippen LogP contribution in [-0.4, -0.2) is 12.3 Å². The minimum Gasteiger partial charge on any atom is -0.307 e. The van der Waals surface area contributed by atoms with Crippen molar-refractivity contribution in [2.45, 2.75) is 50.7 Å². The van der Waals surface area contributed by atoms with Crippen molar-refractivity contribution < 1.29 is 4.57 Å². The average Bonchev–Trinajstić information content (AvgIpc) is 2.40. The van der Waals surface area contributed by atoms with Gasteiger partial charge in [0.2, 0.25) is 0 Å². The number of nitrogens with one attached hydrogen (secondary N) is 1. The third-order valence-corrected chi connectivity index (χ3v) is 6.83. The molecular weight excluding hydrogens is 241 g/mol. The van der Waals surface area contributed by atoms with Gasteiger partial charge in [0.05, 0.1) is 0 Å². The van der Waals surface area contributed by atoms with E-state index in [1.54, 1.807) is 0 Å². The van der Waals surface area contributed by atoms with E-state index in [1.807, 2.05) is 24.9 Å². The Morgan fingerprint density at radius 2 is 1.78 bits per heavy atom. The summed E-state index contributed by atoms with van der Waals surface area (Å²) in [6, 6.07) is 10.5. The first kappa shape index (κ1) is 13.8. The Morgan fingerprint density at radius 1 is 1.17 bits per heavy atom. The molecule has 1 fully saturated rings. The molecule has 3 heteroatoms. The summed E-state index contributed by atoms with van der Waals surface area (Å²) in [4.78, 5) is 0. The maximum atomic E-state index is 12.8. The Kier molecular flexibility index (Phi) is 4.64. The van der Waals surface area contributed by atoms with E-state index in [-0.39, 0.29) is 6.04 Å².